The largest absolute Gasteiger partial charge is 0.465 e. The Morgan fingerprint density at radius 1 is 0.492 bits per heavy atom. The van der Waals surface area contributed by atoms with Gasteiger partial charge in [-0.1, -0.05) is 36.4 Å². The monoisotopic (exact) mass is 900 g/mol. The summed E-state index contributed by atoms with van der Waals surface area (Å²) in [5.41, 5.74) is 4.01. The summed E-state index contributed by atoms with van der Waals surface area (Å²) in [7, 11) is -5.06. The molecule has 0 aliphatic carbocycles. The van der Waals surface area contributed by atoms with Crippen LogP contribution in [0, 0.1) is 32.4 Å². The van der Waals surface area contributed by atoms with E-state index in [2.05, 4.69) is 9.44 Å². The van der Waals surface area contributed by atoms with E-state index >= 15 is 0 Å². The molecule has 0 saturated carbocycles. The Labute approximate surface area is 365 Å². The lowest BCUT2D eigenvalue weighted by atomic mass is 10.1. The number of benzene rings is 6. The molecule has 0 bridgehead atoms. The van der Waals surface area contributed by atoms with Crippen molar-refractivity contribution in [3.8, 4) is 23.0 Å². The lowest BCUT2D eigenvalue weighted by Gasteiger charge is -2.10. The van der Waals surface area contributed by atoms with Crippen LogP contribution >= 0.6 is 0 Å². The molecule has 0 unspecified atom stereocenters. The molecule has 0 heterocycles. The Hall–Kier alpha value is -6.46. The van der Waals surface area contributed by atoms with Crippen LogP contribution in [0.4, 0.5) is 8.78 Å². The predicted molar refractivity (Wildman–Crippen MR) is 233 cm³/mol. The van der Waals surface area contributed by atoms with E-state index in [1.165, 1.54) is 68.8 Å². The zero-order valence-corrected chi connectivity index (χ0v) is 36.7. The van der Waals surface area contributed by atoms with Crippen molar-refractivity contribution in [2.45, 2.75) is 43.4 Å². The van der Waals surface area contributed by atoms with Gasteiger partial charge in [0.05, 0.1) is 35.1 Å². The third-order valence-electron chi connectivity index (χ3n) is 9.52. The highest BCUT2D eigenvalue weighted by Gasteiger charge is 2.20. The molecule has 12 nitrogen and oxygen atoms in total. The van der Waals surface area contributed by atoms with E-state index in [1.54, 1.807) is 69.3 Å². The molecule has 0 amide bonds. The van der Waals surface area contributed by atoms with Crippen molar-refractivity contribution in [1.29, 1.82) is 0 Å². The average Bonchev–Trinajstić information content (AvgIpc) is 3.26. The molecule has 6 aromatic carbocycles. The van der Waals surface area contributed by atoms with Gasteiger partial charge in [0.2, 0.25) is 20.0 Å². The van der Waals surface area contributed by atoms with Gasteiger partial charge >= 0.3 is 11.9 Å². The van der Waals surface area contributed by atoms with E-state index in [0.29, 0.717) is 52.5 Å². The minimum Gasteiger partial charge on any atom is -0.465 e. The smallest absolute Gasteiger partial charge is 0.338 e. The lowest BCUT2D eigenvalue weighted by molar-refractivity contribution is 0.0590. The van der Waals surface area contributed by atoms with Crippen molar-refractivity contribution in [3.05, 3.63) is 178 Å². The first-order chi connectivity index (χ1) is 30.0. The maximum absolute atomic E-state index is 13.4. The molecule has 0 radical (unpaired) electrons. The van der Waals surface area contributed by atoms with Crippen LogP contribution in [0.3, 0.4) is 0 Å². The Balaban J connectivity index is 0.000000238. The zero-order chi connectivity index (χ0) is 45.7. The highest BCUT2D eigenvalue weighted by atomic mass is 32.2. The first kappa shape index (κ1) is 47.6. The van der Waals surface area contributed by atoms with Gasteiger partial charge in [-0.15, -0.1) is 0 Å². The summed E-state index contributed by atoms with van der Waals surface area (Å²) >= 11 is 0. The molecule has 0 spiro atoms. The van der Waals surface area contributed by atoms with Crippen LogP contribution < -0.4 is 18.9 Å². The zero-order valence-electron chi connectivity index (χ0n) is 35.1. The van der Waals surface area contributed by atoms with Gasteiger partial charge in [-0.3, -0.25) is 0 Å². The average molecular weight is 901 g/mol. The SMILES string of the molecule is COC(=O)c1cc(S(=O)(=O)NCCc2ccc(Oc3ccc(F)c(C)c3)cc2)ccc1C.COC(=O)c1cc(S(=O)(=O)NCCc2ccc(Oc3ccc(F)cc3)cc2)ccc1C. The van der Waals surface area contributed by atoms with Crippen LogP contribution in [-0.4, -0.2) is 56.1 Å². The summed E-state index contributed by atoms with van der Waals surface area (Å²) in [6.45, 7) is 5.45. The molecule has 63 heavy (non-hydrogen) atoms. The second kappa shape index (κ2) is 21.6. The Bertz CT molecular complexity index is 2770. The molecule has 0 atom stereocenters. The molecular weight excluding hydrogens is 855 g/mol. The summed E-state index contributed by atoms with van der Waals surface area (Å²) in [4.78, 5) is 23.6. The van der Waals surface area contributed by atoms with Crippen molar-refractivity contribution in [3.63, 3.8) is 0 Å². The van der Waals surface area contributed by atoms with Gasteiger partial charge in [0.25, 0.3) is 0 Å². The second-order valence-electron chi connectivity index (χ2n) is 14.1. The molecule has 2 N–H and O–H groups in total. The predicted octanol–water partition coefficient (Wildman–Crippen LogP) is 8.78. The number of carbonyl (C=O) groups is 2. The van der Waals surface area contributed by atoms with Crippen molar-refractivity contribution in [2.24, 2.45) is 0 Å². The van der Waals surface area contributed by atoms with E-state index < -0.39 is 32.0 Å². The van der Waals surface area contributed by atoms with Crippen LogP contribution in [0.1, 0.15) is 48.5 Å². The molecule has 0 aliphatic rings. The maximum atomic E-state index is 13.4. The number of hydrogen-bond acceptors (Lipinski definition) is 10. The van der Waals surface area contributed by atoms with Gasteiger partial charge in [0, 0.05) is 13.1 Å². The number of carbonyl (C=O) groups excluding carboxylic acids is 2. The second-order valence-corrected chi connectivity index (χ2v) is 17.6. The molecular formula is C47H46F2N2O10S2. The fraction of sp³-hybridized carbons (Fsp3) is 0.191. The number of rotatable bonds is 16. The Morgan fingerprint density at radius 2 is 0.873 bits per heavy atom. The first-order valence-corrected chi connectivity index (χ1v) is 22.4. The fourth-order valence-corrected chi connectivity index (χ4v) is 8.04. The summed E-state index contributed by atoms with van der Waals surface area (Å²) in [6, 6.07) is 33.3. The summed E-state index contributed by atoms with van der Waals surface area (Å²) < 4.78 is 102. The third-order valence-corrected chi connectivity index (χ3v) is 12.4. The molecule has 0 fully saturated rings. The summed E-state index contributed by atoms with van der Waals surface area (Å²) in [6.07, 6.45) is 0.927. The number of esters is 2. The fourth-order valence-electron chi connectivity index (χ4n) is 5.93. The molecule has 330 valence electrons. The van der Waals surface area contributed by atoms with Crippen molar-refractivity contribution in [1.82, 2.24) is 9.44 Å². The van der Waals surface area contributed by atoms with E-state index in [-0.39, 0.29) is 45.6 Å². The first-order valence-electron chi connectivity index (χ1n) is 19.4. The number of sulfonamides is 2. The standard InChI is InChI=1S/C24H24FNO5S.C23H22FNO5S/c1-16-4-10-21(15-22(16)24(27)30-3)32(28,29)26-13-12-18-5-7-19(8-6-18)31-20-9-11-23(25)17(2)14-20;1-16-3-12-21(15-22(16)23(26)29-2)31(27,28)25-14-13-17-4-8-19(9-5-17)30-20-10-6-18(24)7-11-20/h4-11,14-15,26H,12-13H2,1-3H3;3-12,15,25H,13-14H2,1-2H3. The van der Waals surface area contributed by atoms with Crippen LogP contribution in [0.25, 0.3) is 0 Å². The van der Waals surface area contributed by atoms with Gasteiger partial charge in [-0.2, -0.15) is 0 Å². The number of aryl methyl sites for hydroxylation is 3. The van der Waals surface area contributed by atoms with Crippen molar-refractivity contribution >= 4 is 32.0 Å². The summed E-state index contributed by atoms with van der Waals surface area (Å²) in [5.74, 6) is 0.441. The van der Waals surface area contributed by atoms with Gasteiger partial charge in [0.1, 0.15) is 34.6 Å². The number of methoxy groups -OCH3 is 2. The van der Waals surface area contributed by atoms with E-state index in [9.17, 15) is 35.2 Å². The minimum absolute atomic E-state index is 0.00143. The third kappa shape index (κ3) is 13.5. The Kier molecular flexibility index (Phi) is 16.3. The van der Waals surface area contributed by atoms with Crippen LogP contribution in [0.2, 0.25) is 0 Å². The number of halogens is 2. The van der Waals surface area contributed by atoms with E-state index in [0.717, 1.165) is 11.1 Å². The van der Waals surface area contributed by atoms with Crippen molar-refractivity contribution < 1.29 is 54.2 Å². The molecule has 16 heteroatoms. The molecule has 6 rings (SSSR count). The van der Waals surface area contributed by atoms with Gasteiger partial charge in [-0.25, -0.2) is 44.6 Å². The van der Waals surface area contributed by atoms with Crippen LogP contribution in [0.15, 0.2) is 137 Å². The topological polar surface area (TPSA) is 163 Å². The number of hydrogen-bond donors (Lipinski definition) is 2. The van der Waals surface area contributed by atoms with Gasteiger partial charge in [0.15, 0.2) is 0 Å². The molecule has 6 aromatic rings. The molecule has 0 saturated heterocycles. The number of nitrogens with one attached hydrogen (secondary N) is 2. The highest BCUT2D eigenvalue weighted by molar-refractivity contribution is 7.89. The van der Waals surface area contributed by atoms with Crippen LogP contribution in [-0.2, 0) is 42.4 Å². The minimum atomic E-state index is -3.78. The quantitative estimate of drug-likeness (QED) is 0.0898. The Morgan fingerprint density at radius 3 is 1.27 bits per heavy atom. The van der Waals surface area contributed by atoms with Gasteiger partial charge < -0.3 is 18.9 Å². The summed E-state index contributed by atoms with van der Waals surface area (Å²) in [5, 5.41) is 0. The van der Waals surface area contributed by atoms with E-state index in [4.69, 9.17) is 18.9 Å². The normalized spacial score (nSPS) is 11.2. The molecule has 0 aromatic heterocycles. The van der Waals surface area contributed by atoms with Gasteiger partial charge in [-0.05, 0) is 152 Å². The highest BCUT2D eigenvalue weighted by Crippen LogP contribution is 2.25. The lowest BCUT2D eigenvalue weighted by Crippen LogP contribution is -2.26. The maximum Gasteiger partial charge on any atom is 0.338 e. The number of ether oxygens (including phenoxy) is 4. The van der Waals surface area contributed by atoms with Crippen LogP contribution in [0.5, 0.6) is 23.0 Å². The van der Waals surface area contributed by atoms with E-state index in [1.807, 2.05) is 24.3 Å². The molecule has 0 aliphatic heterocycles. The van der Waals surface area contributed by atoms with Crippen molar-refractivity contribution in [2.75, 3.05) is 27.3 Å².